The molecule has 3 rings (SSSR count). The Balaban J connectivity index is 1.61. The van der Waals surface area contributed by atoms with Gasteiger partial charge in [0.05, 0.1) is 16.2 Å². The third-order valence-electron chi connectivity index (χ3n) is 3.95. The summed E-state index contributed by atoms with van der Waals surface area (Å²) >= 11 is 5.81. The van der Waals surface area contributed by atoms with Crippen LogP contribution in [0.5, 0.6) is 0 Å². The van der Waals surface area contributed by atoms with Crippen LogP contribution in [-0.4, -0.2) is 14.4 Å². The number of halogens is 1. The monoisotopic (exact) mass is 400 g/mol. The Bertz CT molecular complexity index is 1010. The number of sulfone groups is 1. The number of carbonyl (C=O) groups excluding carboxylic acids is 1. The van der Waals surface area contributed by atoms with Crippen molar-refractivity contribution in [2.24, 2.45) is 0 Å². The fraction of sp³-hybridized carbons (Fsp3) is 0.0952. The zero-order chi connectivity index (χ0) is 19.3. The molecule has 0 radical (unpaired) electrons. The van der Waals surface area contributed by atoms with Crippen molar-refractivity contribution < 1.29 is 17.9 Å². The van der Waals surface area contributed by atoms with Gasteiger partial charge in [-0.3, -0.25) is 4.79 Å². The summed E-state index contributed by atoms with van der Waals surface area (Å²) in [5, 5.41) is 0.609. The molecule has 0 N–H and O–H groups in total. The van der Waals surface area contributed by atoms with Gasteiger partial charge in [-0.15, -0.1) is 0 Å². The number of benzene rings is 3. The second-order valence-corrected chi connectivity index (χ2v) is 8.31. The van der Waals surface area contributed by atoms with E-state index in [0.29, 0.717) is 10.6 Å². The fourth-order valence-corrected chi connectivity index (χ4v) is 3.89. The zero-order valence-corrected chi connectivity index (χ0v) is 15.9. The Labute approximate surface area is 163 Å². The van der Waals surface area contributed by atoms with Gasteiger partial charge in [-0.2, -0.15) is 0 Å². The van der Waals surface area contributed by atoms with Crippen LogP contribution in [0.25, 0.3) is 0 Å². The molecule has 3 aromatic rings. The van der Waals surface area contributed by atoms with Crippen LogP contribution < -0.4 is 0 Å². The smallest absolute Gasteiger partial charge is 0.310 e. The molecule has 0 aliphatic heterocycles. The van der Waals surface area contributed by atoms with E-state index in [2.05, 4.69) is 0 Å². The minimum atomic E-state index is -3.55. The Hall–Kier alpha value is -2.63. The van der Waals surface area contributed by atoms with Gasteiger partial charge in [0.1, 0.15) is 6.61 Å². The van der Waals surface area contributed by atoms with E-state index in [1.54, 1.807) is 66.7 Å². The highest BCUT2D eigenvalue weighted by molar-refractivity contribution is 7.91. The van der Waals surface area contributed by atoms with Gasteiger partial charge >= 0.3 is 5.97 Å². The summed E-state index contributed by atoms with van der Waals surface area (Å²) in [5.41, 5.74) is 1.53. The molecule has 0 saturated carbocycles. The van der Waals surface area contributed by atoms with E-state index in [4.69, 9.17) is 16.3 Å². The molecule has 0 atom stereocenters. The standard InChI is InChI=1S/C21H17ClO4S/c22-18-10-6-16(7-11-18)14-21(23)26-15-17-8-12-20(13-9-17)27(24,25)19-4-2-1-3-5-19/h1-13H,14-15H2. The first-order valence-corrected chi connectivity index (χ1v) is 10.1. The third kappa shape index (κ3) is 4.96. The van der Waals surface area contributed by atoms with Gasteiger partial charge in [-0.25, -0.2) is 8.42 Å². The highest BCUT2D eigenvalue weighted by atomic mass is 35.5. The maximum Gasteiger partial charge on any atom is 0.310 e. The van der Waals surface area contributed by atoms with Gasteiger partial charge in [0.15, 0.2) is 0 Å². The summed E-state index contributed by atoms with van der Waals surface area (Å²) in [6.45, 7) is 0.0814. The van der Waals surface area contributed by atoms with Crippen LogP contribution >= 0.6 is 11.6 Å². The van der Waals surface area contributed by atoms with Gasteiger partial charge in [0.2, 0.25) is 9.84 Å². The van der Waals surface area contributed by atoms with Gasteiger partial charge in [0.25, 0.3) is 0 Å². The van der Waals surface area contributed by atoms with Gasteiger partial charge in [0, 0.05) is 5.02 Å². The van der Waals surface area contributed by atoms with E-state index in [-0.39, 0.29) is 28.8 Å². The van der Waals surface area contributed by atoms with E-state index < -0.39 is 9.84 Å². The van der Waals surface area contributed by atoms with Crippen LogP contribution in [0.15, 0.2) is 88.7 Å². The highest BCUT2D eigenvalue weighted by Crippen LogP contribution is 2.21. The van der Waals surface area contributed by atoms with Gasteiger partial charge in [-0.05, 0) is 47.5 Å². The molecule has 0 fully saturated rings. The molecular weight excluding hydrogens is 384 g/mol. The molecule has 6 heteroatoms. The number of hydrogen-bond acceptors (Lipinski definition) is 4. The molecule has 3 aromatic carbocycles. The topological polar surface area (TPSA) is 60.4 Å². The van der Waals surface area contributed by atoms with Crippen molar-refractivity contribution in [2.75, 3.05) is 0 Å². The van der Waals surface area contributed by atoms with Crippen molar-refractivity contribution in [1.29, 1.82) is 0 Å². The summed E-state index contributed by atoms with van der Waals surface area (Å²) in [6.07, 6.45) is 0.150. The van der Waals surface area contributed by atoms with Crippen LogP contribution in [0.2, 0.25) is 5.02 Å². The van der Waals surface area contributed by atoms with Crippen molar-refractivity contribution in [2.45, 2.75) is 22.8 Å². The first-order chi connectivity index (χ1) is 12.9. The molecule has 4 nitrogen and oxygen atoms in total. The molecule has 0 aliphatic rings. The molecule has 0 bridgehead atoms. The molecule has 138 valence electrons. The molecule has 0 heterocycles. The van der Waals surface area contributed by atoms with Crippen molar-refractivity contribution in [1.82, 2.24) is 0 Å². The predicted octanol–water partition coefficient (Wildman–Crippen LogP) is 4.46. The fourth-order valence-electron chi connectivity index (χ4n) is 2.48. The predicted molar refractivity (Wildman–Crippen MR) is 103 cm³/mol. The first-order valence-electron chi connectivity index (χ1n) is 8.24. The Morgan fingerprint density at radius 2 is 1.33 bits per heavy atom. The quantitative estimate of drug-likeness (QED) is 0.573. The van der Waals surface area contributed by atoms with E-state index >= 15 is 0 Å². The maximum absolute atomic E-state index is 12.5. The van der Waals surface area contributed by atoms with Crippen molar-refractivity contribution in [3.05, 3.63) is 95.0 Å². The van der Waals surface area contributed by atoms with Gasteiger partial charge < -0.3 is 4.74 Å². The molecule has 0 spiro atoms. The first kappa shape index (κ1) is 19.1. The number of ether oxygens (including phenoxy) is 1. The van der Waals surface area contributed by atoms with E-state index in [1.807, 2.05) is 0 Å². The van der Waals surface area contributed by atoms with E-state index in [0.717, 1.165) is 5.56 Å². The lowest BCUT2D eigenvalue weighted by molar-refractivity contribution is -0.144. The van der Waals surface area contributed by atoms with Crippen molar-refractivity contribution in [3.8, 4) is 0 Å². The summed E-state index contributed by atoms with van der Waals surface area (Å²) in [4.78, 5) is 12.4. The summed E-state index contributed by atoms with van der Waals surface area (Å²) in [6, 6.07) is 21.5. The Morgan fingerprint density at radius 3 is 1.96 bits per heavy atom. The molecule has 0 amide bonds. The average molecular weight is 401 g/mol. The summed E-state index contributed by atoms with van der Waals surface area (Å²) in [7, 11) is -3.55. The molecule has 0 aliphatic carbocycles. The minimum absolute atomic E-state index is 0.0814. The number of carbonyl (C=O) groups is 1. The lowest BCUT2D eigenvalue weighted by atomic mass is 10.1. The molecular formula is C21H17ClO4S. The van der Waals surface area contributed by atoms with Crippen LogP contribution in [0.4, 0.5) is 0 Å². The second kappa shape index (κ2) is 8.37. The van der Waals surface area contributed by atoms with Crippen LogP contribution in [0, 0.1) is 0 Å². The molecule has 0 unspecified atom stereocenters. The lowest BCUT2D eigenvalue weighted by Crippen LogP contribution is -2.08. The summed E-state index contributed by atoms with van der Waals surface area (Å²) in [5.74, 6) is -0.363. The normalized spacial score (nSPS) is 11.1. The number of hydrogen-bond donors (Lipinski definition) is 0. The van der Waals surface area contributed by atoms with Crippen molar-refractivity contribution >= 4 is 27.4 Å². The van der Waals surface area contributed by atoms with Crippen LogP contribution in [-0.2, 0) is 32.4 Å². The van der Waals surface area contributed by atoms with E-state index in [9.17, 15) is 13.2 Å². The van der Waals surface area contributed by atoms with Crippen molar-refractivity contribution in [3.63, 3.8) is 0 Å². The molecule has 0 aromatic heterocycles. The second-order valence-electron chi connectivity index (χ2n) is 5.92. The SMILES string of the molecule is O=C(Cc1ccc(Cl)cc1)OCc1ccc(S(=O)(=O)c2ccccc2)cc1. The molecule has 0 saturated heterocycles. The molecule has 27 heavy (non-hydrogen) atoms. The number of rotatable bonds is 6. The van der Waals surface area contributed by atoms with E-state index in [1.165, 1.54) is 12.1 Å². The van der Waals surface area contributed by atoms with Gasteiger partial charge in [-0.1, -0.05) is 54.1 Å². The van der Waals surface area contributed by atoms with Crippen LogP contribution in [0.3, 0.4) is 0 Å². The van der Waals surface area contributed by atoms with Crippen LogP contribution in [0.1, 0.15) is 11.1 Å². The minimum Gasteiger partial charge on any atom is -0.461 e. The Kier molecular flexibility index (Phi) is 5.94. The Morgan fingerprint density at radius 1 is 0.778 bits per heavy atom. The number of esters is 1. The maximum atomic E-state index is 12.5. The highest BCUT2D eigenvalue weighted by Gasteiger charge is 2.16. The average Bonchev–Trinajstić information content (AvgIpc) is 2.69. The zero-order valence-electron chi connectivity index (χ0n) is 14.3. The largest absolute Gasteiger partial charge is 0.461 e. The lowest BCUT2D eigenvalue weighted by Gasteiger charge is -2.07. The summed E-state index contributed by atoms with van der Waals surface area (Å²) < 4.78 is 30.3. The third-order valence-corrected chi connectivity index (χ3v) is 5.99.